The van der Waals surface area contributed by atoms with Gasteiger partial charge in [0.05, 0.1) is 6.04 Å². The molecule has 182 valence electrons. The molecule has 2 atom stereocenters. The number of hydrogen-bond donors (Lipinski definition) is 2. The van der Waals surface area contributed by atoms with E-state index in [9.17, 15) is 30.8 Å². The summed E-state index contributed by atoms with van der Waals surface area (Å²) in [6.07, 6.45) is 2.10. The third-order valence-corrected chi connectivity index (χ3v) is 6.91. The van der Waals surface area contributed by atoms with Crippen LogP contribution in [-0.4, -0.2) is 44.4 Å². The number of likely N-dealkylation sites (N-methyl/N-ethyl adjacent to an activating group) is 1. The third-order valence-electron chi connectivity index (χ3n) is 5.79. The van der Waals surface area contributed by atoms with E-state index in [2.05, 4.69) is 5.32 Å². The Hall–Kier alpha value is -3.12. The number of ether oxygens (including phenoxy) is 1. The van der Waals surface area contributed by atoms with Gasteiger partial charge in [0.2, 0.25) is 5.91 Å². The summed E-state index contributed by atoms with van der Waals surface area (Å²) in [6.45, 7) is 2.09. The van der Waals surface area contributed by atoms with E-state index in [1.807, 2.05) is 0 Å². The molecule has 2 aromatic rings. The van der Waals surface area contributed by atoms with E-state index in [1.165, 1.54) is 41.1 Å². The van der Waals surface area contributed by atoms with E-state index in [4.69, 9.17) is 4.74 Å². The molecule has 0 spiro atoms. The fourth-order valence-corrected chi connectivity index (χ4v) is 4.65. The van der Waals surface area contributed by atoms with E-state index in [-0.39, 0.29) is 34.6 Å². The molecule has 0 bridgehead atoms. The molecule has 0 aliphatic carbocycles. The predicted molar refractivity (Wildman–Crippen MR) is 117 cm³/mol. The molecule has 2 aliphatic rings. The van der Waals surface area contributed by atoms with E-state index in [1.54, 1.807) is 19.1 Å². The lowest BCUT2D eigenvalue weighted by atomic mass is 9.84. The number of nitrogens with zero attached hydrogens (tertiary/aromatic N) is 1. The Labute approximate surface area is 193 Å². The Bertz CT molecular complexity index is 1280. The number of nitrogens with one attached hydrogen (secondary N) is 2. The number of amides is 1. The minimum Gasteiger partial charge on any atom is -0.454 e. The van der Waals surface area contributed by atoms with Gasteiger partial charge < -0.3 is 15.0 Å². The van der Waals surface area contributed by atoms with Gasteiger partial charge in [-0.1, -0.05) is 12.1 Å². The van der Waals surface area contributed by atoms with Crippen LogP contribution in [0.15, 0.2) is 42.6 Å². The lowest BCUT2D eigenvalue weighted by Crippen LogP contribution is -2.46. The first-order valence-electron chi connectivity index (χ1n) is 10.3. The summed E-state index contributed by atoms with van der Waals surface area (Å²) in [5, 5.41) is 3.10. The monoisotopic (exact) mass is 499 g/mol. The van der Waals surface area contributed by atoms with Crippen molar-refractivity contribution in [2.45, 2.75) is 24.9 Å². The zero-order valence-corrected chi connectivity index (χ0v) is 18.9. The maximum Gasteiger partial charge on any atom is 0.516 e. The first kappa shape index (κ1) is 24.0. The van der Waals surface area contributed by atoms with E-state index >= 15 is 0 Å². The quantitative estimate of drug-likeness (QED) is 0.608. The molecule has 34 heavy (non-hydrogen) atoms. The van der Waals surface area contributed by atoms with Crippen LogP contribution in [0.1, 0.15) is 17.5 Å². The smallest absolute Gasteiger partial charge is 0.454 e. The summed E-state index contributed by atoms with van der Waals surface area (Å²) < 4.78 is 84.0. The van der Waals surface area contributed by atoms with Crippen LogP contribution in [0.3, 0.4) is 0 Å². The number of aryl methyl sites for hydroxylation is 1. The summed E-state index contributed by atoms with van der Waals surface area (Å²) in [6, 6.07) is 7.54. The molecular weight excluding hydrogens is 478 g/mol. The number of anilines is 1. The van der Waals surface area contributed by atoms with Gasteiger partial charge in [-0.15, -0.1) is 0 Å². The van der Waals surface area contributed by atoms with Crippen LogP contribution in [0.5, 0.6) is 11.5 Å². The summed E-state index contributed by atoms with van der Waals surface area (Å²) >= 11 is 0. The average Bonchev–Trinajstić information content (AvgIpc) is 3.24. The molecule has 2 aromatic carbocycles. The summed E-state index contributed by atoms with van der Waals surface area (Å²) in [4.78, 5) is 13.9. The second-order valence-electron chi connectivity index (χ2n) is 8.11. The molecule has 2 aliphatic heterocycles. The van der Waals surface area contributed by atoms with E-state index < -0.39 is 27.4 Å². The number of rotatable bonds is 5. The molecule has 1 fully saturated rings. The standard InChI is InChI=1S/C22H21F4N3O4S/c1-12-4-3-5-18(19(12)23)33-17-7-6-13(28-34(31,32)22(24,25)26)10-15(17)16-11-29(2)21(30)20-14(16)8-9-27-20/h3-7,10-11,14,20,27-28H,8-9H2,1-2H3. The number of carbonyl (C=O) groups is 1. The minimum atomic E-state index is -5.67. The van der Waals surface area contributed by atoms with Gasteiger partial charge in [-0.05, 0) is 55.3 Å². The van der Waals surface area contributed by atoms with Gasteiger partial charge in [0.25, 0.3) is 0 Å². The SMILES string of the molecule is Cc1cccc(Oc2ccc(NS(=O)(=O)C(F)(F)F)cc2C2=CN(C)C(=O)C3NCCC23)c1F. The van der Waals surface area contributed by atoms with Crippen molar-refractivity contribution in [3.8, 4) is 11.5 Å². The predicted octanol–water partition coefficient (Wildman–Crippen LogP) is 3.98. The number of fused-ring (bicyclic) bond motifs is 1. The van der Waals surface area contributed by atoms with Crippen LogP contribution in [0.2, 0.25) is 0 Å². The van der Waals surface area contributed by atoms with Crippen LogP contribution < -0.4 is 14.8 Å². The molecule has 0 aromatic heterocycles. The number of halogens is 4. The first-order chi connectivity index (χ1) is 15.9. The number of carbonyl (C=O) groups excluding carboxylic acids is 1. The van der Waals surface area contributed by atoms with E-state index in [0.29, 0.717) is 24.1 Å². The molecule has 4 rings (SSSR count). The van der Waals surface area contributed by atoms with Crippen molar-refractivity contribution in [1.29, 1.82) is 0 Å². The maximum absolute atomic E-state index is 14.6. The van der Waals surface area contributed by atoms with E-state index in [0.717, 1.165) is 6.07 Å². The van der Waals surface area contributed by atoms with Gasteiger partial charge in [0.15, 0.2) is 11.6 Å². The topological polar surface area (TPSA) is 87.7 Å². The number of hydrogen-bond acceptors (Lipinski definition) is 5. The molecule has 2 heterocycles. The highest BCUT2D eigenvalue weighted by Crippen LogP contribution is 2.42. The van der Waals surface area contributed by atoms with Crippen LogP contribution in [0.4, 0.5) is 23.2 Å². The van der Waals surface area contributed by atoms with Crippen molar-refractivity contribution in [3.05, 3.63) is 59.5 Å². The van der Waals surface area contributed by atoms with Crippen molar-refractivity contribution in [2.24, 2.45) is 5.92 Å². The normalized spacial score (nSPS) is 20.7. The summed E-state index contributed by atoms with van der Waals surface area (Å²) in [5.74, 6) is -1.12. The Kier molecular flexibility index (Phi) is 6.06. The molecule has 2 N–H and O–H groups in total. The van der Waals surface area contributed by atoms with Gasteiger partial charge in [0, 0.05) is 30.4 Å². The van der Waals surface area contributed by atoms with Gasteiger partial charge in [-0.3, -0.25) is 9.52 Å². The number of sulfonamides is 1. The second kappa shape index (κ2) is 8.58. The van der Waals surface area contributed by atoms with Crippen LogP contribution in [-0.2, 0) is 14.8 Å². The van der Waals surface area contributed by atoms with Crippen LogP contribution >= 0.6 is 0 Å². The lowest BCUT2D eigenvalue weighted by Gasteiger charge is -2.32. The highest BCUT2D eigenvalue weighted by molar-refractivity contribution is 7.93. The van der Waals surface area contributed by atoms with Crippen molar-refractivity contribution in [3.63, 3.8) is 0 Å². The molecule has 1 amide bonds. The highest BCUT2D eigenvalue weighted by atomic mass is 32.2. The maximum atomic E-state index is 14.6. The third kappa shape index (κ3) is 4.34. The molecule has 0 saturated carbocycles. The molecule has 2 unspecified atom stereocenters. The van der Waals surface area contributed by atoms with Crippen molar-refractivity contribution < 1.29 is 35.5 Å². The molecule has 7 nitrogen and oxygen atoms in total. The zero-order valence-electron chi connectivity index (χ0n) is 18.1. The first-order valence-corrected chi connectivity index (χ1v) is 11.8. The largest absolute Gasteiger partial charge is 0.516 e. The van der Waals surface area contributed by atoms with Crippen molar-refractivity contribution in [2.75, 3.05) is 18.3 Å². The number of alkyl halides is 3. The van der Waals surface area contributed by atoms with Gasteiger partial charge in [-0.2, -0.15) is 21.6 Å². The Balaban J connectivity index is 1.83. The van der Waals surface area contributed by atoms with Crippen molar-refractivity contribution in [1.82, 2.24) is 10.2 Å². The summed E-state index contributed by atoms with van der Waals surface area (Å²) in [5.41, 5.74) is -4.75. The Morgan fingerprint density at radius 2 is 1.91 bits per heavy atom. The van der Waals surface area contributed by atoms with Gasteiger partial charge in [-0.25, -0.2) is 4.39 Å². The summed E-state index contributed by atoms with van der Waals surface area (Å²) in [7, 11) is -4.13. The molecular formula is C22H21F4N3O4S. The fraction of sp³-hybridized carbons (Fsp3) is 0.318. The number of benzene rings is 2. The Morgan fingerprint density at radius 3 is 2.62 bits per heavy atom. The van der Waals surface area contributed by atoms with Crippen LogP contribution in [0.25, 0.3) is 5.57 Å². The molecule has 1 saturated heterocycles. The average molecular weight is 499 g/mol. The fourth-order valence-electron chi connectivity index (χ4n) is 4.09. The van der Waals surface area contributed by atoms with Gasteiger partial charge >= 0.3 is 15.5 Å². The molecule has 12 heteroatoms. The van der Waals surface area contributed by atoms with Gasteiger partial charge in [0.1, 0.15) is 5.75 Å². The molecule has 0 radical (unpaired) electrons. The minimum absolute atomic E-state index is 0.0964. The van der Waals surface area contributed by atoms with Crippen LogP contribution in [0, 0.1) is 18.7 Å². The zero-order chi connectivity index (χ0) is 24.8. The Morgan fingerprint density at radius 1 is 1.18 bits per heavy atom. The van der Waals surface area contributed by atoms with Crippen molar-refractivity contribution >= 4 is 27.2 Å². The second-order valence-corrected chi connectivity index (χ2v) is 9.79. The highest BCUT2D eigenvalue weighted by Gasteiger charge is 2.46. The lowest BCUT2D eigenvalue weighted by molar-refractivity contribution is -0.130.